The zero-order valence-corrected chi connectivity index (χ0v) is 11.2. The van der Waals surface area contributed by atoms with Crippen LogP contribution in [-0.4, -0.2) is 30.3 Å². The molecule has 1 unspecified atom stereocenters. The minimum atomic E-state index is -0.211. The van der Waals surface area contributed by atoms with Crippen molar-refractivity contribution in [3.63, 3.8) is 0 Å². The molecule has 1 aromatic rings. The van der Waals surface area contributed by atoms with Crippen LogP contribution in [0.1, 0.15) is 24.5 Å². The predicted molar refractivity (Wildman–Crippen MR) is 70.7 cm³/mol. The second-order valence-electron chi connectivity index (χ2n) is 4.41. The fraction of sp³-hybridized carbons (Fsp3) is 0.500. The Kier molecular flexibility index (Phi) is 5.65. The molecule has 1 rings (SSSR count). The lowest BCUT2D eigenvalue weighted by atomic mass is 10.1. The summed E-state index contributed by atoms with van der Waals surface area (Å²) in [6.07, 6.45) is 0.700. The van der Waals surface area contributed by atoms with Crippen LogP contribution < -0.4 is 10.1 Å². The average Bonchev–Trinajstić information content (AvgIpc) is 2.37. The molecular weight excluding hydrogens is 230 g/mol. The van der Waals surface area contributed by atoms with E-state index in [1.54, 1.807) is 0 Å². The first kappa shape index (κ1) is 14.5. The van der Waals surface area contributed by atoms with Crippen LogP contribution in [0.15, 0.2) is 18.2 Å². The molecule has 4 nitrogen and oxygen atoms in total. The van der Waals surface area contributed by atoms with Crippen molar-refractivity contribution in [2.75, 3.05) is 13.2 Å². The largest absolute Gasteiger partial charge is 0.483 e. The molecule has 18 heavy (non-hydrogen) atoms. The van der Waals surface area contributed by atoms with Crippen LogP contribution in [0, 0.1) is 13.8 Å². The van der Waals surface area contributed by atoms with Gasteiger partial charge in [-0.3, -0.25) is 4.79 Å². The van der Waals surface area contributed by atoms with Crippen LogP contribution in [-0.2, 0) is 4.79 Å². The number of aliphatic hydroxyl groups excluding tert-OH is 1. The Bertz CT molecular complexity index is 400. The molecule has 0 saturated carbocycles. The zero-order valence-electron chi connectivity index (χ0n) is 11.2. The molecule has 0 saturated heterocycles. The van der Waals surface area contributed by atoms with E-state index >= 15 is 0 Å². The van der Waals surface area contributed by atoms with Crippen LogP contribution >= 0.6 is 0 Å². The van der Waals surface area contributed by atoms with Gasteiger partial charge in [-0.2, -0.15) is 0 Å². The van der Waals surface area contributed by atoms with Crippen molar-refractivity contribution in [3.8, 4) is 5.75 Å². The summed E-state index contributed by atoms with van der Waals surface area (Å²) in [6.45, 7) is 5.75. The lowest BCUT2D eigenvalue weighted by molar-refractivity contribution is -0.124. The van der Waals surface area contributed by atoms with Gasteiger partial charge in [-0.1, -0.05) is 19.1 Å². The molecule has 0 fully saturated rings. The fourth-order valence-corrected chi connectivity index (χ4v) is 1.55. The van der Waals surface area contributed by atoms with Gasteiger partial charge < -0.3 is 15.2 Å². The average molecular weight is 251 g/mol. The molecule has 0 aliphatic rings. The highest BCUT2D eigenvalue weighted by molar-refractivity contribution is 5.77. The molecule has 2 N–H and O–H groups in total. The molecular formula is C14H21NO3. The Morgan fingerprint density at radius 2 is 2.17 bits per heavy atom. The Hall–Kier alpha value is -1.55. The number of ether oxygens (including phenoxy) is 1. The zero-order chi connectivity index (χ0) is 13.5. The molecule has 4 heteroatoms. The van der Waals surface area contributed by atoms with Gasteiger partial charge in [-0.15, -0.1) is 0 Å². The van der Waals surface area contributed by atoms with Crippen LogP contribution in [0.4, 0.5) is 0 Å². The fourth-order valence-electron chi connectivity index (χ4n) is 1.55. The van der Waals surface area contributed by atoms with E-state index in [2.05, 4.69) is 5.32 Å². The van der Waals surface area contributed by atoms with Crippen LogP contribution in [0.25, 0.3) is 0 Å². The molecule has 1 amide bonds. The molecule has 0 aromatic heterocycles. The highest BCUT2D eigenvalue weighted by Gasteiger charge is 2.10. The van der Waals surface area contributed by atoms with Gasteiger partial charge in [0, 0.05) is 0 Å². The van der Waals surface area contributed by atoms with Crippen molar-refractivity contribution < 1.29 is 14.6 Å². The summed E-state index contributed by atoms with van der Waals surface area (Å²) in [4.78, 5) is 11.6. The van der Waals surface area contributed by atoms with Crippen molar-refractivity contribution in [2.45, 2.75) is 33.2 Å². The number of hydrogen-bond acceptors (Lipinski definition) is 3. The van der Waals surface area contributed by atoms with Gasteiger partial charge in [0.1, 0.15) is 5.75 Å². The van der Waals surface area contributed by atoms with E-state index in [1.165, 1.54) is 0 Å². The lowest BCUT2D eigenvalue weighted by Crippen LogP contribution is -2.39. The first-order valence-electron chi connectivity index (χ1n) is 6.17. The molecule has 0 spiro atoms. The summed E-state index contributed by atoms with van der Waals surface area (Å²) >= 11 is 0. The number of benzene rings is 1. The number of aryl methyl sites for hydroxylation is 2. The summed E-state index contributed by atoms with van der Waals surface area (Å²) in [7, 11) is 0. The number of rotatable bonds is 6. The number of amides is 1. The molecule has 100 valence electrons. The maximum atomic E-state index is 11.6. The van der Waals surface area contributed by atoms with E-state index in [1.807, 2.05) is 39.0 Å². The molecule has 0 bridgehead atoms. The van der Waals surface area contributed by atoms with Gasteiger partial charge in [0.2, 0.25) is 0 Å². The molecule has 0 radical (unpaired) electrons. The molecule has 1 atom stereocenters. The third-order valence-corrected chi connectivity index (χ3v) is 2.78. The Morgan fingerprint density at radius 1 is 1.44 bits per heavy atom. The van der Waals surface area contributed by atoms with E-state index in [0.29, 0.717) is 6.42 Å². The van der Waals surface area contributed by atoms with Gasteiger partial charge in [-0.25, -0.2) is 0 Å². The van der Waals surface area contributed by atoms with E-state index in [9.17, 15) is 4.79 Å². The van der Waals surface area contributed by atoms with Crippen molar-refractivity contribution in [1.29, 1.82) is 0 Å². The normalized spacial score (nSPS) is 12.0. The van der Waals surface area contributed by atoms with Gasteiger partial charge in [0.05, 0.1) is 12.6 Å². The van der Waals surface area contributed by atoms with Crippen LogP contribution in [0.5, 0.6) is 5.75 Å². The number of hydrogen-bond donors (Lipinski definition) is 2. The second kappa shape index (κ2) is 7.01. The molecule has 0 aliphatic carbocycles. The molecule has 0 aliphatic heterocycles. The second-order valence-corrected chi connectivity index (χ2v) is 4.41. The number of nitrogens with one attached hydrogen (secondary N) is 1. The van der Waals surface area contributed by atoms with Crippen LogP contribution in [0.3, 0.4) is 0 Å². The van der Waals surface area contributed by atoms with Crippen molar-refractivity contribution >= 4 is 5.91 Å². The maximum absolute atomic E-state index is 11.6. The SMILES string of the molecule is CCC(CO)NC(=O)COc1cc(C)ccc1C. The number of carbonyl (C=O) groups excluding carboxylic acids is 1. The summed E-state index contributed by atoms with van der Waals surface area (Å²) in [5.74, 6) is 0.513. The third-order valence-electron chi connectivity index (χ3n) is 2.78. The Labute approximate surface area is 108 Å². The first-order valence-corrected chi connectivity index (χ1v) is 6.17. The van der Waals surface area contributed by atoms with Gasteiger partial charge in [-0.05, 0) is 37.5 Å². The van der Waals surface area contributed by atoms with Gasteiger partial charge in [0.15, 0.2) is 6.61 Å². The summed E-state index contributed by atoms with van der Waals surface area (Å²) in [5.41, 5.74) is 2.10. The quantitative estimate of drug-likeness (QED) is 0.807. The highest BCUT2D eigenvalue weighted by atomic mass is 16.5. The van der Waals surface area contributed by atoms with Crippen molar-refractivity contribution in [3.05, 3.63) is 29.3 Å². The highest BCUT2D eigenvalue weighted by Crippen LogP contribution is 2.18. The van der Waals surface area contributed by atoms with E-state index in [4.69, 9.17) is 9.84 Å². The lowest BCUT2D eigenvalue weighted by Gasteiger charge is -2.15. The topological polar surface area (TPSA) is 58.6 Å². The number of aliphatic hydroxyl groups is 1. The van der Waals surface area contributed by atoms with E-state index < -0.39 is 0 Å². The molecule has 1 aromatic carbocycles. The van der Waals surface area contributed by atoms with Crippen molar-refractivity contribution in [1.82, 2.24) is 5.32 Å². The van der Waals surface area contributed by atoms with E-state index in [0.717, 1.165) is 16.9 Å². The smallest absolute Gasteiger partial charge is 0.258 e. The maximum Gasteiger partial charge on any atom is 0.258 e. The minimum absolute atomic E-state index is 0.0270. The number of carbonyl (C=O) groups is 1. The Morgan fingerprint density at radius 3 is 2.78 bits per heavy atom. The predicted octanol–water partition coefficient (Wildman–Crippen LogP) is 1.57. The van der Waals surface area contributed by atoms with E-state index in [-0.39, 0.29) is 25.2 Å². The summed E-state index contributed by atoms with van der Waals surface area (Å²) < 4.78 is 5.48. The summed E-state index contributed by atoms with van der Waals surface area (Å²) in [5, 5.41) is 11.7. The monoisotopic (exact) mass is 251 g/mol. The standard InChI is InChI=1S/C14H21NO3/c1-4-12(8-16)15-14(17)9-18-13-7-10(2)5-6-11(13)3/h5-7,12,16H,4,8-9H2,1-3H3,(H,15,17). The van der Waals surface area contributed by atoms with Gasteiger partial charge in [0.25, 0.3) is 5.91 Å². The molecule has 0 heterocycles. The van der Waals surface area contributed by atoms with Crippen molar-refractivity contribution in [2.24, 2.45) is 0 Å². The van der Waals surface area contributed by atoms with Crippen LogP contribution in [0.2, 0.25) is 0 Å². The Balaban J connectivity index is 2.49. The third kappa shape index (κ3) is 4.37. The van der Waals surface area contributed by atoms with Gasteiger partial charge >= 0.3 is 0 Å². The first-order chi connectivity index (χ1) is 8.56. The minimum Gasteiger partial charge on any atom is -0.483 e. The summed E-state index contributed by atoms with van der Waals surface area (Å²) in [6, 6.07) is 5.68.